The Morgan fingerprint density at radius 2 is 2.14 bits per heavy atom. The summed E-state index contributed by atoms with van der Waals surface area (Å²) in [4.78, 5) is 11.5. The quantitative estimate of drug-likeness (QED) is 0.271. The molecule has 0 atom stereocenters. The molecule has 0 spiro atoms. The Kier molecular flexibility index (Phi) is 9.93. The smallest absolute Gasteiger partial charge is 0.299 e. The van der Waals surface area contributed by atoms with Crippen molar-refractivity contribution in [2.45, 2.75) is 33.1 Å². The molecule has 0 heterocycles. The molecule has 0 aliphatic rings. The van der Waals surface area contributed by atoms with Crippen molar-refractivity contribution in [2.75, 3.05) is 12.4 Å². The fourth-order valence-corrected chi connectivity index (χ4v) is 2.46. The van der Waals surface area contributed by atoms with Gasteiger partial charge in [-0.1, -0.05) is 13.3 Å². The van der Waals surface area contributed by atoms with E-state index in [0.29, 0.717) is 35.1 Å². The second-order valence-electron chi connectivity index (χ2n) is 4.70. The standard InChI is InChI=1S/C15H22N2O3S.BrH/c1-3-5-12-13(20-8-4-9-21-15(16)17)7-6-11(10(2)18)14(12)19;/h6-7,19H,3-5,8-9H2,1-2H3,(H3,16,17);1H/p+1. The number of aromatic hydroxyl groups is 1. The highest BCUT2D eigenvalue weighted by Crippen LogP contribution is 2.33. The zero-order valence-corrected chi connectivity index (χ0v) is 15.5. The minimum Gasteiger partial charge on any atom is -0.507 e. The monoisotopic (exact) mass is 391 g/mol. The van der Waals surface area contributed by atoms with E-state index in [1.54, 1.807) is 12.1 Å². The first-order valence-electron chi connectivity index (χ1n) is 6.96. The third kappa shape index (κ3) is 6.27. The van der Waals surface area contributed by atoms with Gasteiger partial charge in [-0.15, -0.1) is 17.0 Å². The molecule has 5 N–H and O–H groups in total. The topological polar surface area (TPSA) is 98.1 Å². The number of rotatable bonds is 8. The van der Waals surface area contributed by atoms with Crippen molar-refractivity contribution in [1.29, 1.82) is 0 Å². The maximum atomic E-state index is 11.5. The van der Waals surface area contributed by atoms with E-state index in [1.807, 2.05) is 6.92 Å². The number of nitrogens with two attached hydrogens (primary N) is 2. The number of carbonyl (C=O) groups is 1. The van der Waals surface area contributed by atoms with Crippen LogP contribution in [-0.4, -0.2) is 28.4 Å². The fraction of sp³-hybridized carbons (Fsp3) is 0.467. The highest BCUT2D eigenvalue weighted by Gasteiger charge is 2.15. The molecule has 1 aromatic rings. The van der Waals surface area contributed by atoms with Crippen molar-refractivity contribution in [3.05, 3.63) is 23.3 Å². The number of phenolic OH excluding ortho intramolecular Hbond substituents is 1. The molecule has 0 fully saturated rings. The van der Waals surface area contributed by atoms with E-state index in [4.69, 9.17) is 15.9 Å². The summed E-state index contributed by atoms with van der Waals surface area (Å²) >= 11 is 1.39. The van der Waals surface area contributed by atoms with Crippen LogP contribution in [-0.2, 0) is 6.42 Å². The van der Waals surface area contributed by atoms with Crippen molar-refractivity contribution in [3.8, 4) is 11.5 Å². The van der Waals surface area contributed by atoms with Gasteiger partial charge in [-0.25, -0.2) is 0 Å². The average molecular weight is 392 g/mol. The SMILES string of the molecule is Br.CCCc1c(OCCCSC(N)=[NH2+])ccc(C(C)=O)c1O. The van der Waals surface area contributed by atoms with Gasteiger partial charge in [-0.05, 0) is 43.7 Å². The molecule has 22 heavy (non-hydrogen) atoms. The third-order valence-electron chi connectivity index (χ3n) is 2.93. The van der Waals surface area contributed by atoms with E-state index >= 15 is 0 Å². The molecule has 0 saturated carbocycles. The van der Waals surface area contributed by atoms with Crippen molar-refractivity contribution in [1.82, 2.24) is 0 Å². The molecule has 0 amide bonds. The number of carbonyl (C=O) groups excluding carboxylic acids is 1. The Labute approximate surface area is 145 Å². The zero-order valence-electron chi connectivity index (χ0n) is 12.9. The molecule has 0 aliphatic heterocycles. The second kappa shape index (κ2) is 10.5. The summed E-state index contributed by atoms with van der Waals surface area (Å²) < 4.78 is 5.71. The predicted octanol–water partition coefficient (Wildman–Crippen LogP) is 1.70. The van der Waals surface area contributed by atoms with Gasteiger partial charge in [0.15, 0.2) is 5.78 Å². The van der Waals surface area contributed by atoms with E-state index < -0.39 is 0 Å². The number of hydrogen-bond donors (Lipinski definition) is 3. The summed E-state index contributed by atoms with van der Waals surface area (Å²) in [5.41, 5.74) is 6.40. The number of phenols is 1. The van der Waals surface area contributed by atoms with Crippen LogP contribution >= 0.6 is 28.7 Å². The summed E-state index contributed by atoms with van der Waals surface area (Å²) in [6, 6.07) is 3.35. The molecule has 0 unspecified atom stereocenters. The van der Waals surface area contributed by atoms with Gasteiger partial charge in [-0.2, -0.15) is 0 Å². The van der Waals surface area contributed by atoms with Crippen LogP contribution in [0.15, 0.2) is 12.1 Å². The second-order valence-corrected chi connectivity index (χ2v) is 5.87. The Balaban J connectivity index is 0.00000441. The van der Waals surface area contributed by atoms with Crippen LogP contribution in [0.4, 0.5) is 0 Å². The van der Waals surface area contributed by atoms with E-state index in [0.717, 1.165) is 18.6 Å². The van der Waals surface area contributed by atoms with E-state index in [-0.39, 0.29) is 28.5 Å². The number of hydrogen-bond acceptors (Lipinski definition) is 4. The van der Waals surface area contributed by atoms with Gasteiger partial charge in [0.25, 0.3) is 5.17 Å². The number of ketones is 1. The number of Topliss-reactive ketones (excluding diaryl/α,β-unsaturated/α-hetero) is 1. The molecule has 0 aliphatic carbocycles. The van der Waals surface area contributed by atoms with Gasteiger partial charge >= 0.3 is 0 Å². The molecule has 0 bridgehead atoms. The van der Waals surface area contributed by atoms with Crippen LogP contribution in [0.3, 0.4) is 0 Å². The molecule has 5 nitrogen and oxygen atoms in total. The highest BCUT2D eigenvalue weighted by molar-refractivity contribution is 8.93. The predicted molar refractivity (Wildman–Crippen MR) is 96.1 cm³/mol. The Morgan fingerprint density at radius 1 is 1.45 bits per heavy atom. The summed E-state index contributed by atoms with van der Waals surface area (Å²) in [6.45, 7) is 3.96. The maximum absolute atomic E-state index is 11.5. The lowest BCUT2D eigenvalue weighted by molar-refractivity contribution is -0.110. The average Bonchev–Trinajstić information content (AvgIpc) is 2.41. The normalized spacial score (nSPS) is 9.91. The first kappa shape index (κ1) is 20.8. The Morgan fingerprint density at radius 3 is 2.68 bits per heavy atom. The first-order chi connectivity index (χ1) is 9.97. The van der Waals surface area contributed by atoms with Crippen LogP contribution in [0.1, 0.15) is 42.6 Å². The van der Waals surface area contributed by atoms with Gasteiger partial charge in [0, 0.05) is 11.3 Å². The lowest BCUT2D eigenvalue weighted by Crippen LogP contribution is -2.43. The summed E-state index contributed by atoms with van der Waals surface area (Å²) in [5, 5.41) is 15.9. The van der Waals surface area contributed by atoms with Crippen LogP contribution in [0.5, 0.6) is 11.5 Å². The third-order valence-corrected chi connectivity index (χ3v) is 3.76. The van der Waals surface area contributed by atoms with Crippen molar-refractivity contribution in [3.63, 3.8) is 0 Å². The molecular formula is C15H24BrN2O3S+. The highest BCUT2D eigenvalue weighted by atomic mass is 79.9. The number of ether oxygens (including phenoxy) is 1. The van der Waals surface area contributed by atoms with E-state index in [2.05, 4.69) is 0 Å². The molecule has 0 saturated heterocycles. The zero-order chi connectivity index (χ0) is 15.8. The maximum Gasteiger partial charge on any atom is 0.299 e. The van der Waals surface area contributed by atoms with Crippen molar-refractivity contribution >= 4 is 39.7 Å². The number of thioether (sulfide) groups is 1. The van der Waals surface area contributed by atoms with E-state index in [1.165, 1.54) is 18.7 Å². The number of halogens is 1. The van der Waals surface area contributed by atoms with Gasteiger partial charge in [0.05, 0.1) is 12.2 Å². The van der Waals surface area contributed by atoms with Crippen LogP contribution in [0.2, 0.25) is 0 Å². The molecule has 0 radical (unpaired) electrons. The Bertz CT molecular complexity index is 524. The molecule has 1 rings (SSSR count). The van der Waals surface area contributed by atoms with Gasteiger partial charge in [-0.3, -0.25) is 15.9 Å². The van der Waals surface area contributed by atoms with Gasteiger partial charge < -0.3 is 9.84 Å². The Hall–Kier alpha value is -1.21. The molecule has 124 valence electrons. The van der Waals surface area contributed by atoms with Crippen LogP contribution in [0.25, 0.3) is 0 Å². The number of amidine groups is 1. The fourth-order valence-electron chi connectivity index (χ4n) is 1.96. The summed E-state index contributed by atoms with van der Waals surface area (Å²) in [6.07, 6.45) is 2.32. The van der Waals surface area contributed by atoms with Gasteiger partial charge in [0.1, 0.15) is 11.5 Å². The molecular weight excluding hydrogens is 368 g/mol. The van der Waals surface area contributed by atoms with E-state index in [9.17, 15) is 9.90 Å². The number of benzene rings is 1. The summed E-state index contributed by atoms with van der Waals surface area (Å²) in [5.74, 6) is 1.30. The largest absolute Gasteiger partial charge is 0.507 e. The van der Waals surface area contributed by atoms with Crippen LogP contribution < -0.4 is 15.9 Å². The van der Waals surface area contributed by atoms with Crippen molar-refractivity contribution in [2.24, 2.45) is 5.73 Å². The lowest BCUT2D eigenvalue weighted by Gasteiger charge is -2.14. The minimum atomic E-state index is -0.151. The summed E-state index contributed by atoms with van der Waals surface area (Å²) in [7, 11) is 0. The van der Waals surface area contributed by atoms with Crippen LogP contribution in [0, 0.1) is 0 Å². The lowest BCUT2D eigenvalue weighted by atomic mass is 10.0. The molecule has 7 heteroatoms. The van der Waals surface area contributed by atoms with Gasteiger partial charge in [0.2, 0.25) is 0 Å². The minimum absolute atomic E-state index is 0. The first-order valence-corrected chi connectivity index (χ1v) is 7.95. The molecule has 1 aromatic carbocycles. The molecule has 0 aromatic heterocycles. The van der Waals surface area contributed by atoms with Crippen molar-refractivity contribution < 1.29 is 20.0 Å².